The first-order valence-corrected chi connectivity index (χ1v) is 7.96. The van der Waals surface area contributed by atoms with E-state index in [9.17, 15) is 27.9 Å². The molecule has 2 fully saturated rings. The van der Waals surface area contributed by atoms with Crippen molar-refractivity contribution in [2.24, 2.45) is 11.8 Å². The highest BCUT2D eigenvalue weighted by Crippen LogP contribution is 2.39. The van der Waals surface area contributed by atoms with E-state index in [1.807, 2.05) is 0 Å². The summed E-state index contributed by atoms with van der Waals surface area (Å²) in [5.74, 6) is -2.54. The number of carbonyl (C=O) groups excluding carboxylic acids is 1. The van der Waals surface area contributed by atoms with Gasteiger partial charge in [0.15, 0.2) is 0 Å². The van der Waals surface area contributed by atoms with Crippen molar-refractivity contribution in [1.29, 1.82) is 0 Å². The lowest BCUT2D eigenvalue weighted by atomic mass is 9.97. The van der Waals surface area contributed by atoms with E-state index in [1.54, 1.807) is 4.90 Å². The Labute approximate surface area is 137 Å². The first-order chi connectivity index (χ1) is 11.3. The minimum absolute atomic E-state index is 0.0510. The van der Waals surface area contributed by atoms with Crippen molar-refractivity contribution in [3.05, 3.63) is 35.4 Å². The molecule has 1 aromatic rings. The fraction of sp³-hybridized carbons (Fsp3) is 0.529. The normalized spacial score (nSPS) is 22.5. The van der Waals surface area contributed by atoms with Crippen LogP contribution in [0.3, 0.4) is 0 Å². The Morgan fingerprint density at radius 2 is 1.75 bits per heavy atom. The Kier molecular flexibility index (Phi) is 4.27. The van der Waals surface area contributed by atoms with Gasteiger partial charge in [0.25, 0.3) is 0 Å². The second kappa shape index (κ2) is 6.11. The molecule has 2 unspecified atom stereocenters. The number of rotatable bonds is 4. The summed E-state index contributed by atoms with van der Waals surface area (Å²) < 4.78 is 37.8. The van der Waals surface area contributed by atoms with E-state index < -0.39 is 23.6 Å². The van der Waals surface area contributed by atoms with Gasteiger partial charge in [0.1, 0.15) is 5.92 Å². The van der Waals surface area contributed by atoms with Gasteiger partial charge in [0, 0.05) is 19.0 Å². The molecule has 1 amide bonds. The molecule has 2 atom stereocenters. The van der Waals surface area contributed by atoms with Crippen molar-refractivity contribution in [3.63, 3.8) is 0 Å². The number of benzene rings is 1. The largest absolute Gasteiger partial charge is 0.481 e. The van der Waals surface area contributed by atoms with Gasteiger partial charge in [-0.1, -0.05) is 12.1 Å². The molecule has 0 aromatic heterocycles. The lowest BCUT2D eigenvalue weighted by molar-refractivity contribution is -0.151. The van der Waals surface area contributed by atoms with Gasteiger partial charge in [-0.25, -0.2) is 0 Å². The van der Waals surface area contributed by atoms with Crippen molar-refractivity contribution in [3.8, 4) is 0 Å². The Morgan fingerprint density at radius 3 is 2.25 bits per heavy atom. The minimum atomic E-state index is -4.37. The van der Waals surface area contributed by atoms with E-state index in [1.165, 1.54) is 12.1 Å². The molecule has 1 heterocycles. The second-order valence-electron chi connectivity index (χ2n) is 6.54. The van der Waals surface area contributed by atoms with Crippen LogP contribution in [0.4, 0.5) is 13.2 Å². The molecule has 0 radical (unpaired) electrons. The number of halogens is 3. The molecule has 1 aliphatic carbocycles. The van der Waals surface area contributed by atoms with Crippen LogP contribution in [0.1, 0.15) is 36.3 Å². The van der Waals surface area contributed by atoms with Crippen LogP contribution < -0.4 is 0 Å². The summed E-state index contributed by atoms with van der Waals surface area (Å²) >= 11 is 0. The number of alkyl halides is 3. The van der Waals surface area contributed by atoms with Crippen molar-refractivity contribution in [2.75, 3.05) is 13.1 Å². The number of carbonyl (C=O) groups is 2. The van der Waals surface area contributed by atoms with Crippen LogP contribution in [0.15, 0.2) is 24.3 Å². The SMILES string of the molecule is O=C(O)C(C(=O)N1CCC(c2ccc(C(F)(F)F)cc2)C1)C1CC1. The molecule has 1 saturated carbocycles. The van der Waals surface area contributed by atoms with Gasteiger partial charge < -0.3 is 10.0 Å². The summed E-state index contributed by atoms with van der Waals surface area (Å²) in [6.45, 7) is 0.807. The standard InChI is InChI=1S/C17H18F3NO3/c18-17(19,20)13-5-3-10(4-6-13)12-7-8-21(9-12)15(22)14(16(23)24)11-1-2-11/h3-6,11-12,14H,1-2,7-9H2,(H,23,24). The fourth-order valence-corrected chi connectivity index (χ4v) is 3.31. The van der Waals surface area contributed by atoms with Gasteiger partial charge in [-0.15, -0.1) is 0 Å². The Bertz CT molecular complexity index is 637. The van der Waals surface area contributed by atoms with Gasteiger partial charge in [0.2, 0.25) is 5.91 Å². The first kappa shape index (κ1) is 16.8. The summed E-state index contributed by atoms with van der Waals surface area (Å²) in [5.41, 5.74) is 0.0495. The number of hydrogen-bond acceptors (Lipinski definition) is 2. The second-order valence-corrected chi connectivity index (χ2v) is 6.54. The van der Waals surface area contributed by atoms with Crippen LogP contribution in [0, 0.1) is 11.8 Å². The molecule has 3 rings (SSSR count). The smallest absolute Gasteiger partial charge is 0.416 e. The molecule has 130 valence electrons. The van der Waals surface area contributed by atoms with E-state index in [0.717, 1.165) is 30.5 Å². The zero-order chi connectivity index (χ0) is 17.5. The van der Waals surface area contributed by atoms with Crippen LogP contribution >= 0.6 is 0 Å². The molecule has 1 N–H and O–H groups in total. The van der Waals surface area contributed by atoms with Crippen LogP contribution in [-0.2, 0) is 15.8 Å². The Morgan fingerprint density at radius 1 is 1.12 bits per heavy atom. The third-order valence-electron chi connectivity index (χ3n) is 4.83. The fourth-order valence-electron chi connectivity index (χ4n) is 3.31. The van der Waals surface area contributed by atoms with Gasteiger partial charge >= 0.3 is 12.1 Å². The minimum Gasteiger partial charge on any atom is -0.481 e. The summed E-state index contributed by atoms with van der Waals surface area (Å²) in [7, 11) is 0. The van der Waals surface area contributed by atoms with Crippen LogP contribution in [0.2, 0.25) is 0 Å². The van der Waals surface area contributed by atoms with Crippen molar-refractivity contribution >= 4 is 11.9 Å². The van der Waals surface area contributed by atoms with E-state index >= 15 is 0 Å². The quantitative estimate of drug-likeness (QED) is 0.856. The van der Waals surface area contributed by atoms with Gasteiger partial charge in [-0.3, -0.25) is 9.59 Å². The topological polar surface area (TPSA) is 57.6 Å². The number of amides is 1. The molecule has 7 heteroatoms. The van der Waals surface area contributed by atoms with Crippen LogP contribution in [-0.4, -0.2) is 35.0 Å². The van der Waals surface area contributed by atoms with Crippen molar-refractivity contribution < 1.29 is 27.9 Å². The summed E-state index contributed by atoms with van der Waals surface area (Å²) in [4.78, 5) is 25.3. The van der Waals surface area contributed by atoms with E-state index in [0.29, 0.717) is 19.5 Å². The van der Waals surface area contributed by atoms with E-state index in [4.69, 9.17) is 0 Å². The summed E-state index contributed by atoms with van der Waals surface area (Å²) in [5, 5.41) is 9.25. The average molecular weight is 341 g/mol. The van der Waals surface area contributed by atoms with Crippen LogP contribution in [0.25, 0.3) is 0 Å². The maximum Gasteiger partial charge on any atom is 0.416 e. The monoisotopic (exact) mass is 341 g/mol. The highest BCUT2D eigenvalue weighted by Gasteiger charge is 2.44. The molecule has 1 aliphatic heterocycles. The number of hydrogen-bond donors (Lipinski definition) is 1. The molecule has 2 aliphatic rings. The average Bonchev–Trinajstić information content (AvgIpc) is 3.21. The van der Waals surface area contributed by atoms with E-state index in [2.05, 4.69) is 0 Å². The highest BCUT2D eigenvalue weighted by atomic mass is 19.4. The third kappa shape index (κ3) is 3.39. The number of aliphatic carboxylic acids is 1. The van der Waals surface area contributed by atoms with Crippen molar-refractivity contribution in [2.45, 2.75) is 31.4 Å². The Hall–Kier alpha value is -2.05. The number of carboxylic acid groups (broad SMARTS) is 1. The molecule has 0 bridgehead atoms. The molecule has 0 spiro atoms. The van der Waals surface area contributed by atoms with Gasteiger partial charge in [0.05, 0.1) is 5.56 Å². The molecule has 4 nitrogen and oxygen atoms in total. The maximum absolute atomic E-state index is 12.6. The third-order valence-corrected chi connectivity index (χ3v) is 4.83. The lowest BCUT2D eigenvalue weighted by Crippen LogP contribution is -2.39. The predicted octanol–water partition coefficient (Wildman–Crippen LogP) is 3.13. The van der Waals surface area contributed by atoms with Crippen LogP contribution in [0.5, 0.6) is 0 Å². The number of carboxylic acids is 1. The molecule has 1 saturated heterocycles. The van der Waals surface area contributed by atoms with Gasteiger partial charge in [-0.2, -0.15) is 13.2 Å². The Balaban J connectivity index is 1.66. The molecule has 24 heavy (non-hydrogen) atoms. The highest BCUT2D eigenvalue weighted by molar-refractivity contribution is 5.97. The zero-order valence-electron chi connectivity index (χ0n) is 12.9. The predicted molar refractivity (Wildman–Crippen MR) is 79.2 cm³/mol. The molecular weight excluding hydrogens is 323 g/mol. The summed E-state index contributed by atoms with van der Waals surface area (Å²) in [6, 6.07) is 4.97. The number of nitrogens with zero attached hydrogens (tertiary/aromatic N) is 1. The lowest BCUT2D eigenvalue weighted by Gasteiger charge is -2.21. The van der Waals surface area contributed by atoms with E-state index in [-0.39, 0.29) is 17.7 Å². The van der Waals surface area contributed by atoms with Gasteiger partial charge in [-0.05, 0) is 42.9 Å². The van der Waals surface area contributed by atoms with Crippen molar-refractivity contribution in [1.82, 2.24) is 4.90 Å². The maximum atomic E-state index is 12.6. The zero-order valence-corrected chi connectivity index (χ0v) is 12.9. The number of likely N-dealkylation sites (tertiary alicyclic amines) is 1. The molecule has 1 aromatic carbocycles. The summed E-state index contributed by atoms with van der Waals surface area (Å²) in [6.07, 6.45) is -2.21. The molecular formula is C17H18F3NO3. The first-order valence-electron chi connectivity index (χ1n) is 7.96.